The van der Waals surface area contributed by atoms with E-state index in [1.807, 2.05) is 19.1 Å². The van der Waals surface area contributed by atoms with Crippen LogP contribution in [0.15, 0.2) is 47.4 Å². The maximum Gasteiger partial charge on any atom is 0.230 e. The number of nitrogens with one attached hydrogen (secondary N) is 1. The minimum absolute atomic E-state index is 0.121. The third-order valence-corrected chi connectivity index (χ3v) is 4.22. The number of rotatable bonds is 5. The molecule has 1 N–H and O–H groups in total. The number of thioether (sulfide) groups is 1. The van der Waals surface area contributed by atoms with Gasteiger partial charge in [-0.1, -0.05) is 23.7 Å². The number of amides is 1. The lowest BCUT2D eigenvalue weighted by molar-refractivity contribution is -0.119. The third kappa shape index (κ3) is 4.71. The van der Waals surface area contributed by atoms with Gasteiger partial charge in [-0.05, 0) is 42.8 Å². The Balaban J connectivity index is 1.88. The maximum atomic E-state index is 13.1. The van der Waals surface area contributed by atoms with E-state index >= 15 is 0 Å². The van der Waals surface area contributed by atoms with Crippen molar-refractivity contribution in [2.75, 3.05) is 5.75 Å². The van der Waals surface area contributed by atoms with Crippen LogP contribution in [-0.2, 0) is 4.79 Å². The molecule has 2 rings (SSSR count). The summed E-state index contributed by atoms with van der Waals surface area (Å²) < 4.78 is 25.9. The van der Waals surface area contributed by atoms with Crippen LogP contribution in [0.3, 0.4) is 0 Å². The van der Waals surface area contributed by atoms with Gasteiger partial charge < -0.3 is 5.32 Å². The van der Waals surface area contributed by atoms with Gasteiger partial charge in [-0.15, -0.1) is 11.8 Å². The normalized spacial score (nSPS) is 12.0. The quantitative estimate of drug-likeness (QED) is 0.806. The van der Waals surface area contributed by atoms with E-state index in [1.54, 1.807) is 12.1 Å². The van der Waals surface area contributed by atoms with Crippen molar-refractivity contribution in [2.24, 2.45) is 0 Å². The predicted molar refractivity (Wildman–Crippen MR) is 85.1 cm³/mol. The molecular formula is C16H14ClF2NOS. The zero-order valence-corrected chi connectivity index (χ0v) is 13.3. The standard InChI is InChI=1S/C16H14ClF2NOS/c1-10(11-3-2-4-12(17)7-11)20-16(21)9-22-13-5-6-14(18)15(19)8-13/h2-8,10H,9H2,1H3,(H,20,21). The van der Waals surface area contributed by atoms with Crippen LogP contribution in [0.4, 0.5) is 8.78 Å². The van der Waals surface area contributed by atoms with Crippen molar-refractivity contribution in [1.29, 1.82) is 0 Å². The summed E-state index contributed by atoms with van der Waals surface area (Å²) in [5.41, 5.74) is 0.902. The minimum Gasteiger partial charge on any atom is -0.349 e. The second kappa shape index (κ2) is 7.61. The van der Waals surface area contributed by atoms with Crippen LogP contribution in [0.25, 0.3) is 0 Å². The summed E-state index contributed by atoms with van der Waals surface area (Å²) in [5, 5.41) is 3.44. The number of carbonyl (C=O) groups excluding carboxylic acids is 1. The maximum absolute atomic E-state index is 13.1. The molecule has 0 bridgehead atoms. The van der Waals surface area contributed by atoms with E-state index in [-0.39, 0.29) is 17.7 Å². The van der Waals surface area contributed by atoms with Crippen molar-refractivity contribution in [3.8, 4) is 0 Å². The molecule has 2 nitrogen and oxygen atoms in total. The average molecular weight is 342 g/mol. The van der Waals surface area contributed by atoms with Crippen LogP contribution in [0.1, 0.15) is 18.5 Å². The van der Waals surface area contributed by atoms with Crippen LogP contribution in [0, 0.1) is 11.6 Å². The molecule has 22 heavy (non-hydrogen) atoms. The van der Waals surface area contributed by atoms with E-state index in [0.29, 0.717) is 9.92 Å². The summed E-state index contributed by atoms with van der Waals surface area (Å²) in [5.74, 6) is -1.89. The van der Waals surface area contributed by atoms with Crippen molar-refractivity contribution < 1.29 is 13.6 Å². The molecule has 0 radical (unpaired) electrons. The Morgan fingerprint density at radius 1 is 1.23 bits per heavy atom. The number of benzene rings is 2. The number of hydrogen-bond acceptors (Lipinski definition) is 2. The molecule has 2 aromatic rings. The van der Waals surface area contributed by atoms with E-state index in [9.17, 15) is 13.6 Å². The molecule has 0 aliphatic carbocycles. The molecule has 0 fully saturated rings. The van der Waals surface area contributed by atoms with Gasteiger partial charge in [-0.25, -0.2) is 8.78 Å². The Kier molecular flexibility index (Phi) is 5.80. The highest BCUT2D eigenvalue weighted by Gasteiger charge is 2.11. The highest BCUT2D eigenvalue weighted by Crippen LogP contribution is 2.21. The largest absolute Gasteiger partial charge is 0.349 e. The second-order valence-corrected chi connectivity index (χ2v) is 6.19. The van der Waals surface area contributed by atoms with Crippen molar-refractivity contribution in [2.45, 2.75) is 17.9 Å². The first-order valence-electron chi connectivity index (χ1n) is 6.58. The zero-order valence-electron chi connectivity index (χ0n) is 11.8. The molecule has 1 amide bonds. The molecule has 0 heterocycles. The number of hydrogen-bond donors (Lipinski definition) is 1. The molecule has 116 valence electrons. The van der Waals surface area contributed by atoms with Gasteiger partial charge in [0.05, 0.1) is 11.8 Å². The van der Waals surface area contributed by atoms with Gasteiger partial charge in [-0.2, -0.15) is 0 Å². The molecule has 2 aromatic carbocycles. The van der Waals surface area contributed by atoms with E-state index in [0.717, 1.165) is 29.5 Å². The lowest BCUT2D eigenvalue weighted by Gasteiger charge is -2.14. The summed E-state index contributed by atoms with van der Waals surface area (Å²) >= 11 is 7.06. The van der Waals surface area contributed by atoms with Gasteiger partial charge in [0.2, 0.25) is 5.91 Å². The smallest absolute Gasteiger partial charge is 0.230 e. The zero-order chi connectivity index (χ0) is 16.1. The van der Waals surface area contributed by atoms with E-state index in [1.165, 1.54) is 6.07 Å². The summed E-state index contributed by atoms with van der Waals surface area (Å²) in [6, 6.07) is 10.6. The summed E-state index contributed by atoms with van der Waals surface area (Å²) in [7, 11) is 0. The van der Waals surface area contributed by atoms with Crippen molar-refractivity contribution >= 4 is 29.3 Å². The molecular weight excluding hydrogens is 328 g/mol. The fraction of sp³-hybridized carbons (Fsp3) is 0.188. The topological polar surface area (TPSA) is 29.1 Å². The van der Waals surface area contributed by atoms with Crippen LogP contribution >= 0.6 is 23.4 Å². The van der Waals surface area contributed by atoms with Gasteiger partial charge in [0, 0.05) is 9.92 Å². The van der Waals surface area contributed by atoms with E-state index in [2.05, 4.69) is 5.32 Å². The van der Waals surface area contributed by atoms with Crippen LogP contribution in [0.5, 0.6) is 0 Å². The Morgan fingerprint density at radius 2 is 2.00 bits per heavy atom. The Bertz CT molecular complexity index is 681. The molecule has 6 heteroatoms. The first-order valence-corrected chi connectivity index (χ1v) is 7.95. The SMILES string of the molecule is CC(NC(=O)CSc1ccc(F)c(F)c1)c1cccc(Cl)c1. The lowest BCUT2D eigenvalue weighted by Crippen LogP contribution is -2.28. The number of halogens is 3. The van der Waals surface area contributed by atoms with Gasteiger partial charge in [0.1, 0.15) is 0 Å². The Morgan fingerprint density at radius 3 is 2.68 bits per heavy atom. The summed E-state index contributed by atoms with van der Waals surface area (Å²) in [6.07, 6.45) is 0. The predicted octanol–water partition coefficient (Wildman–Crippen LogP) is 4.59. The van der Waals surface area contributed by atoms with Gasteiger partial charge in [-0.3, -0.25) is 4.79 Å². The average Bonchev–Trinajstić information content (AvgIpc) is 2.48. The Labute approximate surface area is 136 Å². The first kappa shape index (κ1) is 16.8. The fourth-order valence-corrected chi connectivity index (χ4v) is 2.79. The molecule has 0 saturated heterocycles. The molecule has 0 aromatic heterocycles. The molecule has 0 aliphatic rings. The molecule has 1 unspecified atom stereocenters. The lowest BCUT2D eigenvalue weighted by atomic mass is 10.1. The fourth-order valence-electron chi connectivity index (χ4n) is 1.86. The van der Waals surface area contributed by atoms with Crippen LogP contribution < -0.4 is 5.32 Å². The molecule has 0 saturated carbocycles. The summed E-state index contributed by atoms with van der Waals surface area (Å²) in [4.78, 5) is 12.4. The van der Waals surface area contributed by atoms with Gasteiger partial charge >= 0.3 is 0 Å². The molecule has 0 spiro atoms. The highest BCUT2D eigenvalue weighted by molar-refractivity contribution is 8.00. The van der Waals surface area contributed by atoms with Gasteiger partial charge in [0.15, 0.2) is 11.6 Å². The van der Waals surface area contributed by atoms with Crippen LogP contribution in [0.2, 0.25) is 5.02 Å². The van der Waals surface area contributed by atoms with Crippen molar-refractivity contribution in [3.63, 3.8) is 0 Å². The van der Waals surface area contributed by atoms with E-state index < -0.39 is 11.6 Å². The second-order valence-electron chi connectivity index (χ2n) is 4.71. The Hall–Kier alpha value is -1.59. The molecule has 1 atom stereocenters. The third-order valence-electron chi connectivity index (χ3n) is 2.99. The highest BCUT2D eigenvalue weighted by atomic mass is 35.5. The van der Waals surface area contributed by atoms with Gasteiger partial charge in [0.25, 0.3) is 0 Å². The van der Waals surface area contributed by atoms with Crippen molar-refractivity contribution in [1.82, 2.24) is 5.32 Å². The van der Waals surface area contributed by atoms with E-state index in [4.69, 9.17) is 11.6 Å². The molecule has 0 aliphatic heterocycles. The first-order chi connectivity index (χ1) is 10.5. The minimum atomic E-state index is -0.919. The van der Waals surface area contributed by atoms with Crippen molar-refractivity contribution in [3.05, 3.63) is 64.7 Å². The summed E-state index contributed by atoms with van der Waals surface area (Å²) in [6.45, 7) is 1.85. The van der Waals surface area contributed by atoms with Crippen LogP contribution in [-0.4, -0.2) is 11.7 Å². The monoisotopic (exact) mass is 341 g/mol. The number of carbonyl (C=O) groups is 1.